The fraction of sp³-hybridized carbons (Fsp3) is 0.429. The molecule has 148 valence electrons. The molecule has 0 saturated heterocycles. The first-order valence-electron chi connectivity index (χ1n) is 9.24. The molecule has 1 aliphatic carbocycles. The van der Waals surface area contributed by atoms with Crippen LogP contribution in [0.2, 0.25) is 0 Å². The number of benzene rings is 1. The zero-order valence-corrected chi connectivity index (χ0v) is 17.2. The molecule has 28 heavy (non-hydrogen) atoms. The Bertz CT molecular complexity index is 889. The molecule has 1 aromatic carbocycles. The minimum atomic E-state index is -0.108. The van der Waals surface area contributed by atoms with Gasteiger partial charge in [0.25, 0.3) is 0 Å². The molecule has 2 aromatic rings. The molecule has 0 fully saturated rings. The molecule has 1 N–H and O–H groups in total. The summed E-state index contributed by atoms with van der Waals surface area (Å²) in [6.07, 6.45) is 4.99. The molecule has 0 atom stereocenters. The molecule has 1 aliphatic rings. The standard InChI is InChI=1S/C21H24N2O4S/c1-25-16-10-13(11-17(26-2)20(16)27-3)8-9-19(24)23-21-15(12-22)14-6-4-5-7-18(14)28-21/h10-11H,4-9H2,1-3H3,(H,23,24). The third kappa shape index (κ3) is 4.07. The van der Waals surface area contributed by atoms with Gasteiger partial charge in [0.15, 0.2) is 11.5 Å². The van der Waals surface area contributed by atoms with Crippen molar-refractivity contribution in [3.63, 3.8) is 0 Å². The smallest absolute Gasteiger partial charge is 0.225 e. The van der Waals surface area contributed by atoms with E-state index in [1.165, 1.54) is 4.88 Å². The third-order valence-corrected chi connectivity index (χ3v) is 6.11. The summed E-state index contributed by atoms with van der Waals surface area (Å²) in [4.78, 5) is 13.7. The Morgan fingerprint density at radius 2 is 1.82 bits per heavy atom. The van der Waals surface area contributed by atoms with Crippen molar-refractivity contribution >= 4 is 22.2 Å². The van der Waals surface area contributed by atoms with Crippen LogP contribution in [0.1, 0.15) is 40.8 Å². The van der Waals surface area contributed by atoms with Gasteiger partial charge in [0.1, 0.15) is 11.1 Å². The zero-order valence-electron chi connectivity index (χ0n) is 16.4. The molecule has 0 aliphatic heterocycles. The summed E-state index contributed by atoms with van der Waals surface area (Å²) in [5.41, 5.74) is 2.68. The molecule has 1 aromatic heterocycles. The van der Waals surface area contributed by atoms with Gasteiger partial charge < -0.3 is 19.5 Å². The average molecular weight is 401 g/mol. The maximum Gasteiger partial charge on any atom is 0.225 e. The monoisotopic (exact) mass is 400 g/mol. The predicted octanol–water partition coefficient (Wildman–Crippen LogP) is 4.10. The van der Waals surface area contributed by atoms with E-state index in [1.54, 1.807) is 32.7 Å². The first-order valence-corrected chi connectivity index (χ1v) is 10.1. The fourth-order valence-electron chi connectivity index (χ4n) is 3.50. The molecule has 0 spiro atoms. The first-order chi connectivity index (χ1) is 13.6. The van der Waals surface area contributed by atoms with E-state index in [4.69, 9.17) is 14.2 Å². The van der Waals surface area contributed by atoms with Crippen LogP contribution in [-0.4, -0.2) is 27.2 Å². The number of nitriles is 1. The Labute approximate surface area is 169 Å². The van der Waals surface area contributed by atoms with Crippen LogP contribution in [0.5, 0.6) is 17.2 Å². The van der Waals surface area contributed by atoms with Crippen molar-refractivity contribution in [3.05, 3.63) is 33.7 Å². The van der Waals surface area contributed by atoms with E-state index in [9.17, 15) is 10.1 Å². The van der Waals surface area contributed by atoms with Crippen LogP contribution in [0.15, 0.2) is 12.1 Å². The van der Waals surface area contributed by atoms with Gasteiger partial charge in [0.05, 0.1) is 26.9 Å². The Kier molecular flexibility index (Phi) is 6.42. The first kappa shape index (κ1) is 20.0. The highest BCUT2D eigenvalue weighted by atomic mass is 32.1. The van der Waals surface area contributed by atoms with Crippen LogP contribution < -0.4 is 19.5 Å². The van der Waals surface area contributed by atoms with Crippen molar-refractivity contribution in [2.24, 2.45) is 0 Å². The lowest BCUT2D eigenvalue weighted by molar-refractivity contribution is -0.116. The van der Waals surface area contributed by atoms with Gasteiger partial charge in [-0.1, -0.05) is 0 Å². The number of hydrogen-bond acceptors (Lipinski definition) is 6. The minimum Gasteiger partial charge on any atom is -0.493 e. The molecule has 0 radical (unpaired) electrons. The predicted molar refractivity (Wildman–Crippen MR) is 109 cm³/mol. The number of anilines is 1. The number of carbonyl (C=O) groups excluding carboxylic acids is 1. The summed E-state index contributed by atoms with van der Waals surface area (Å²) in [5.74, 6) is 1.55. The Morgan fingerprint density at radius 1 is 1.14 bits per heavy atom. The van der Waals surface area contributed by atoms with Gasteiger partial charge in [0.2, 0.25) is 11.7 Å². The van der Waals surface area contributed by atoms with Crippen molar-refractivity contribution in [2.45, 2.75) is 38.5 Å². The van der Waals surface area contributed by atoms with Gasteiger partial charge in [-0.15, -0.1) is 11.3 Å². The summed E-state index contributed by atoms with van der Waals surface area (Å²) in [7, 11) is 4.69. The van der Waals surface area contributed by atoms with Crippen molar-refractivity contribution in [1.29, 1.82) is 5.26 Å². The van der Waals surface area contributed by atoms with Crippen LogP contribution in [0.4, 0.5) is 5.00 Å². The SMILES string of the molecule is COc1cc(CCC(=O)Nc2sc3c(c2C#N)CCCC3)cc(OC)c1OC. The van der Waals surface area contributed by atoms with Crippen molar-refractivity contribution in [2.75, 3.05) is 26.6 Å². The average Bonchev–Trinajstić information content (AvgIpc) is 3.07. The van der Waals surface area contributed by atoms with E-state index < -0.39 is 0 Å². The fourth-order valence-corrected chi connectivity index (χ4v) is 4.75. The lowest BCUT2D eigenvalue weighted by Crippen LogP contribution is -2.12. The second kappa shape index (κ2) is 8.98. The molecule has 3 rings (SSSR count). The second-order valence-electron chi connectivity index (χ2n) is 6.61. The lowest BCUT2D eigenvalue weighted by atomic mass is 9.96. The minimum absolute atomic E-state index is 0.108. The second-order valence-corrected chi connectivity index (χ2v) is 7.71. The van der Waals surface area contributed by atoms with Crippen molar-refractivity contribution in [1.82, 2.24) is 0 Å². The largest absolute Gasteiger partial charge is 0.493 e. The van der Waals surface area contributed by atoms with Crippen molar-refractivity contribution in [3.8, 4) is 23.3 Å². The number of amides is 1. The van der Waals surface area contributed by atoms with E-state index in [0.29, 0.717) is 40.7 Å². The van der Waals surface area contributed by atoms with E-state index in [-0.39, 0.29) is 5.91 Å². The van der Waals surface area contributed by atoms with Gasteiger partial charge in [-0.2, -0.15) is 5.26 Å². The van der Waals surface area contributed by atoms with Crippen LogP contribution >= 0.6 is 11.3 Å². The maximum absolute atomic E-state index is 12.5. The van der Waals surface area contributed by atoms with Gasteiger partial charge >= 0.3 is 0 Å². The highest BCUT2D eigenvalue weighted by molar-refractivity contribution is 7.16. The molecular weight excluding hydrogens is 376 g/mol. The Morgan fingerprint density at radius 3 is 2.43 bits per heavy atom. The molecule has 0 bridgehead atoms. The number of fused-ring (bicyclic) bond motifs is 1. The lowest BCUT2D eigenvalue weighted by Gasteiger charge is -2.14. The van der Waals surface area contributed by atoms with E-state index in [2.05, 4.69) is 11.4 Å². The van der Waals surface area contributed by atoms with E-state index in [1.807, 2.05) is 12.1 Å². The molecule has 0 saturated carbocycles. The molecule has 1 amide bonds. The normalized spacial score (nSPS) is 12.6. The number of ether oxygens (including phenoxy) is 3. The summed E-state index contributed by atoms with van der Waals surface area (Å²) in [6.45, 7) is 0. The molecule has 7 heteroatoms. The third-order valence-electron chi connectivity index (χ3n) is 4.90. The summed E-state index contributed by atoms with van der Waals surface area (Å²) < 4.78 is 16.0. The molecule has 0 unspecified atom stereocenters. The Hall–Kier alpha value is -2.72. The van der Waals surface area contributed by atoms with Crippen molar-refractivity contribution < 1.29 is 19.0 Å². The van der Waals surface area contributed by atoms with E-state index in [0.717, 1.165) is 36.8 Å². The zero-order chi connectivity index (χ0) is 20.1. The van der Waals surface area contributed by atoms with Gasteiger partial charge in [-0.25, -0.2) is 0 Å². The summed E-state index contributed by atoms with van der Waals surface area (Å²) in [6, 6.07) is 5.97. The van der Waals surface area contributed by atoms with Crippen LogP contribution in [-0.2, 0) is 24.1 Å². The van der Waals surface area contributed by atoms with Crippen LogP contribution in [0, 0.1) is 11.3 Å². The van der Waals surface area contributed by atoms with Gasteiger partial charge in [-0.05, 0) is 55.4 Å². The molecular formula is C21H24N2O4S. The number of aryl methyl sites for hydroxylation is 2. The number of nitrogens with one attached hydrogen (secondary N) is 1. The maximum atomic E-state index is 12.5. The number of nitrogens with zero attached hydrogens (tertiary/aromatic N) is 1. The Balaban J connectivity index is 1.70. The summed E-state index contributed by atoms with van der Waals surface area (Å²) >= 11 is 1.54. The highest BCUT2D eigenvalue weighted by Gasteiger charge is 2.22. The molecule has 1 heterocycles. The summed E-state index contributed by atoms with van der Waals surface area (Å²) in [5, 5.41) is 13.1. The van der Waals surface area contributed by atoms with Crippen LogP contribution in [0.3, 0.4) is 0 Å². The topological polar surface area (TPSA) is 80.6 Å². The van der Waals surface area contributed by atoms with Crippen LogP contribution in [0.25, 0.3) is 0 Å². The number of rotatable bonds is 7. The van der Waals surface area contributed by atoms with E-state index >= 15 is 0 Å². The quantitative estimate of drug-likeness (QED) is 0.757. The van der Waals surface area contributed by atoms with Gasteiger partial charge in [0, 0.05) is 11.3 Å². The van der Waals surface area contributed by atoms with Gasteiger partial charge in [-0.3, -0.25) is 4.79 Å². The molecule has 6 nitrogen and oxygen atoms in total. The number of methoxy groups -OCH3 is 3. The number of carbonyl (C=O) groups is 1. The number of hydrogen-bond donors (Lipinski definition) is 1. The highest BCUT2D eigenvalue weighted by Crippen LogP contribution is 2.39. The number of thiophene rings is 1.